The molecule has 2 N–H and O–H groups in total. The summed E-state index contributed by atoms with van der Waals surface area (Å²) in [5, 5.41) is 10.2. The van der Waals surface area contributed by atoms with Gasteiger partial charge in [0, 0.05) is 25.4 Å². The molecule has 3 aromatic rings. The minimum Gasteiger partial charge on any atom is -0.368 e. The molecular formula is C18H19FN6O. The van der Waals surface area contributed by atoms with Gasteiger partial charge >= 0.3 is 0 Å². The highest BCUT2D eigenvalue weighted by Gasteiger charge is 2.07. The Labute approximate surface area is 150 Å². The number of aryl methyl sites for hydroxylation is 1. The smallest absolute Gasteiger partial charge is 0.224 e. The number of carbonyl (C=O) groups excluding carboxylic acids is 1. The largest absolute Gasteiger partial charge is 0.368 e. The Kier molecular flexibility index (Phi) is 5.52. The first kappa shape index (κ1) is 17.5. The molecule has 0 aliphatic rings. The van der Waals surface area contributed by atoms with Crippen molar-refractivity contribution in [3.63, 3.8) is 0 Å². The summed E-state index contributed by atoms with van der Waals surface area (Å²) in [6, 6.07) is 9.92. The van der Waals surface area contributed by atoms with E-state index in [9.17, 15) is 9.18 Å². The molecule has 0 saturated carbocycles. The standard InChI is InChI=1S/C18H19FN6O/c1-13-6-9-25(24-13)17-11-16(22-12-23-17)20-7-8-21-18(26)10-14-4-2-3-5-15(14)19/h2-6,9,11-12H,7-8,10H2,1H3,(H,21,26)(H,20,22,23). The van der Waals surface area contributed by atoms with Crippen LogP contribution in [0.2, 0.25) is 0 Å². The molecule has 0 bridgehead atoms. The van der Waals surface area contributed by atoms with Gasteiger partial charge in [0.2, 0.25) is 5.91 Å². The molecule has 2 heterocycles. The molecule has 0 saturated heterocycles. The number of nitrogens with one attached hydrogen (secondary N) is 2. The average molecular weight is 354 g/mol. The van der Waals surface area contributed by atoms with Crippen molar-refractivity contribution in [2.45, 2.75) is 13.3 Å². The maximum Gasteiger partial charge on any atom is 0.224 e. The first-order valence-electron chi connectivity index (χ1n) is 8.20. The average Bonchev–Trinajstić information content (AvgIpc) is 3.08. The molecule has 0 atom stereocenters. The van der Waals surface area contributed by atoms with Crippen molar-refractivity contribution in [3.05, 3.63) is 66.0 Å². The molecule has 0 aliphatic heterocycles. The molecule has 8 heteroatoms. The number of carbonyl (C=O) groups is 1. The second kappa shape index (κ2) is 8.19. The summed E-state index contributed by atoms with van der Waals surface area (Å²) in [5.74, 6) is 0.682. The molecule has 0 unspecified atom stereocenters. The first-order chi connectivity index (χ1) is 12.6. The fraction of sp³-hybridized carbons (Fsp3) is 0.222. The lowest BCUT2D eigenvalue weighted by molar-refractivity contribution is -0.120. The lowest BCUT2D eigenvalue weighted by Gasteiger charge is -2.09. The quantitative estimate of drug-likeness (QED) is 0.633. The highest BCUT2D eigenvalue weighted by atomic mass is 19.1. The van der Waals surface area contributed by atoms with Crippen LogP contribution in [0, 0.1) is 12.7 Å². The summed E-state index contributed by atoms with van der Waals surface area (Å²) >= 11 is 0. The van der Waals surface area contributed by atoms with E-state index in [4.69, 9.17) is 0 Å². The molecule has 0 aliphatic carbocycles. The van der Waals surface area contributed by atoms with Crippen LogP contribution < -0.4 is 10.6 Å². The Balaban J connectivity index is 1.46. The lowest BCUT2D eigenvalue weighted by atomic mass is 10.1. The van der Waals surface area contributed by atoms with Gasteiger partial charge in [-0.1, -0.05) is 18.2 Å². The Bertz CT molecular complexity index is 895. The molecular weight excluding hydrogens is 335 g/mol. The molecule has 0 radical (unpaired) electrons. The second-order valence-corrected chi connectivity index (χ2v) is 5.71. The van der Waals surface area contributed by atoms with E-state index in [0.717, 1.165) is 5.69 Å². The Hall–Kier alpha value is -3.29. The van der Waals surface area contributed by atoms with Gasteiger partial charge in [-0.2, -0.15) is 5.10 Å². The second-order valence-electron chi connectivity index (χ2n) is 5.71. The zero-order valence-corrected chi connectivity index (χ0v) is 14.3. The minimum absolute atomic E-state index is 0.0168. The van der Waals surface area contributed by atoms with Crippen molar-refractivity contribution in [2.75, 3.05) is 18.4 Å². The van der Waals surface area contributed by atoms with Crippen LogP contribution in [0.4, 0.5) is 10.2 Å². The number of benzene rings is 1. The predicted octanol–water partition coefficient (Wildman–Crippen LogP) is 1.88. The lowest BCUT2D eigenvalue weighted by Crippen LogP contribution is -2.30. The van der Waals surface area contributed by atoms with Crippen LogP contribution in [0.3, 0.4) is 0 Å². The number of rotatable bonds is 7. The van der Waals surface area contributed by atoms with Crippen molar-refractivity contribution in [1.29, 1.82) is 0 Å². The molecule has 1 aromatic carbocycles. The Morgan fingerprint density at radius 2 is 2.04 bits per heavy atom. The minimum atomic E-state index is -0.372. The number of halogens is 1. The van der Waals surface area contributed by atoms with Crippen molar-refractivity contribution in [2.24, 2.45) is 0 Å². The normalized spacial score (nSPS) is 10.5. The maximum absolute atomic E-state index is 13.5. The molecule has 3 rings (SSSR count). The van der Waals surface area contributed by atoms with Gasteiger partial charge in [-0.25, -0.2) is 19.0 Å². The van der Waals surface area contributed by atoms with Crippen LogP contribution in [0.25, 0.3) is 5.82 Å². The third-order valence-corrected chi connectivity index (χ3v) is 3.67. The molecule has 1 amide bonds. The van der Waals surface area contributed by atoms with Crippen molar-refractivity contribution >= 4 is 11.7 Å². The molecule has 0 fully saturated rings. The van der Waals surface area contributed by atoms with E-state index in [1.807, 2.05) is 19.2 Å². The van der Waals surface area contributed by atoms with Gasteiger partial charge < -0.3 is 10.6 Å². The van der Waals surface area contributed by atoms with Crippen LogP contribution in [-0.4, -0.2) is 38.7 Å². The van der Waals surface area contributed by atoms with Gasteiger partial charge in [0.25, 0.3) is 0 Å². The molecule has 26 heavy (non-hydrogen) atoms. The number of hydrogen-bond donors (Lipinski definition) is 2. The van der Waals surface area contributed by atoms with Gasteiger partial charge in [0.1, 0.15) is 18.0 Å². The summed E-state index contributed by atoms with van der Waals surface area (Å²) in [5.41, 5.74) is 1.28. The van der Waals surface area contributed by atoms with E-state index in [1.165, 1.54) is 12.4 Å². The number of anilines is 1. The van der Waals surface area contributed by atoms with E-state index in [2.05, 4.69) is 25.7 Å². The third kappa shape index (κ3) is 4.62. The van der Waals surface area contributed by atoms with Crippen LogP contribution in [0.15, 0.2) is 48.9 Å². The van der Waals surface area contributed by atoms with Crippen LogP contribution >= 0.6 is 0 Å². The summed E-state index contributed by atoms with van der Waals surface area (Å²) in [7, 11) is 0. The summed E-state index contributed by atoms with van der Waals surface area (Å²) in [6.45, 7) is 2.78. The van der Waals surface area contributed by atoms with Gasteiger partial charge in [-0.05, 0) is 24.6 Å². The summed E-state index contributed by atoms with van der Waals surface area (Å²) in [4.78, 5) is 20.2. The molecule has 134 valence electrons. The number of nitrogens with zero attached hydrogens (tertiary/aromatic N) is 4. The summed E-state index contributed by atoms with van der Waals surface area (Å²) < 4.78 is 15.2. The van der Waals surface area contributed by atoms with Crippen molar-refractivity contribution < 1.29 is 9.18 Å². The summed E-state index contributed by atoms with van der Waals surface area (Å²) in [6.07, 6.45) is 3.29. The topological polar surface area (TPSA) is 84.7 Å². The fourth-order valence-electron chi connectivity index (χ4n) is 2.38. The van der Waals surface area contributed by atoms with Crippen molar-refractivity contribution in [3.8, 4) is 5.82 Å². The van der Waals surface area contributed by atoms with Gasteiger partial charge in [0.05, 0.1) is 12.1 Å². The van der Waals surface area contributed by atoms with Crippen LogP contribution in [-0.2, 0) is 11.2 Å². The Morgan fingerprint density at radius 3 is 2.81 bits per heavy atom. The molecule has 0 spiro atoms. The monoisotopic (exact) mass is 354 g/mol. The predicted molar refractivity (Wildman–Crippen MR) is 95.5 cm³/mol. The number of aromatic nitrogens is 4. The van der Waals surface area contributed by atoms with Crippen LogP contribution in [0.5, 0.6) is 0 Å². The molecule has 2 aromatic heterocycles. The van der Waals surface area contributed by atoms with Gasteiger partial charge in [-0.3, -0.25) is 4.79 Å². The van der Waals surface area contributed by atoms with Gasteiger partial charge in [-0.15, -0.1) is 0 Å². The van der Waals surface area contributed by atoms with Crippen LogP contribution in [0.1, 0.15) is 11.3 Å². The van der Waals surface area contributed by atoms with E-state index in [1.54, 1.807) is 28.9 Å². The van der Waals surface area contributed by atoms with E-state index in [-0.39, 0.29) is 18.1 Å². The Morgan fingerprint density at radius 1 is 1.19 bits per heavy atom. The first-order valence-corrected chi connectivity index (χ1v) is 8.20. The number of hydrogen-bond acceptors (Lipinski definition) is 5. The SMILES string of the molecule is Cc1ccn(-c2cc(NCCNC(=O)Cc3ccccc3F)ncn2)n1. The van der Waals surface area contributed by atoms with Crippen molar-refractivity contribution in [1.82, 2.24) is 25.1 Å². The van der Waals surface area contributed by atoms with E-state index >= 15 is 0 Å². The fourth-order valence-corrected chi connectivity index (χ4v) is 2.38. The zero-order chi connectivity index (χ0) is 18.4. The third-order valence-electron chi connectivity index (χ3n) is 3.67. The number of amides is 1. The zero-order valence-electron chi connectivity index (χ0n) is 14.3. The highest BCUT2D eigenvalue weighted by Crippen LogP contribution is 2.09. The van der Waals surface area contributed by atoms with E-state index < -0.39 is 0 Å². The van der Waals surface area contributed by atoms with Gasteiger partial charge in [0.15, 0.2) is 5.82 Å². The molecule has 7 nitrogen and oxygen atoms in total. The maximum atomic E-state index is 13.5. The van der Waals surface area contributed by atoms with E-state index in [0.29, 0.717) is 30.3 Å². The highest BCUT2D eigenvalue weighted by molar-refractivity contribution is 5.78.